The van der Waals surface area contributed by atoms with Crippen molar-refractivity contribution in [2.75, 3.05) is 38.7 Å². The summed E-state index contributed by atoms with van der Waals surface area (Å²) in [4.78, 5) is 16.7. The van der Waals surface area contributed by atoms with Crippen LogP contribution in [0, 0.1) is 0 Å². The van der Waals surface area contributed by atoms with E-state index in [4.69, 9.17) is 27.9 Å². The van der Waals surface area contributed by atoms with Gasteiger partial charge < -0.3 is 14.5 Å². The third-order valence-corrected chi connectivity index (χ3v) is 4.66. The fourth-order valence-electron chi connectivity index (χ4n) is 2.90. The van der Waals surface area contributed by atoms with Crippen LogP contribution in [-0.4, -0.2) is 44.6 Å². The van der Waals surface area contributed by atoms with Crippen molar-refractivity contribution in [3.05, 3.63) is 63.6 Å². The minimum atomic E-state index is -0.231. The van der Waals surface area contributed by atoms with Gasteiger partial charge in [-0.15, -0.1) is 0 Å². The van der Waals surface area contributed by atoms with E-state index < -0.39 is 0 Å². The number of rotatable bonds is 3. The molecule has 4 nitrogen and oxygen atoms in total. The Morgan fingerprint density at radius 2 is 1.88 bits per heavy atom. The van der Waals surface area contributed by atoms with Crippen LogP contribution in [0.5, 0.6) is 0 Å². The van der Waals surface area contributed by atoms with E-state index in [9.17, 15) is 4.79 Å². The first-order valence-corrected chi connectivity index (χ1v) is 8.84. The maximum Gasteiger partial charge on any atom is 0.254 e. The van der Waals surface area contributed by atoms with Crippen molar-refractivity contribution in [3.63, 3.8) is 0 Å². The summed E-state index contributed by atoms with van der Waals surface area (Å²) in [5.74, 6) is 0.00475. The number of halogens is 2. The molecule has 0 saturated carbocycles. The first-order chi connectivity index (χ1) is 11.9. The molecule has 1 aliphatic rings. The summed E-state index contributed by atoms with van der Waals surface area (Å²) < 4.78 is 5.83. The molecular weight excluding hydrogens is 359 g/mol. The summed E-state index contributed by atoms with van der Waals surface area (Å²) >= 11 is 12.2. The maximum absolute atomic E-state index is 12.9. The van der Waals surface area contributed by atoms with Crippen molar-refractivity contribution in [1.29, 1.82) is 0 Å². The van der Waals surface area contributed by atoms with Gasteiger partial charge in [0.1, 0.15) is 6.10 Å². The lowest BCUT2D eigenvalue weighted by Gasteiger charge is -2.33. The Morgan fingerprint density at radius 3 is 2.56 bits per heavy atom. The Hall–Kier alpha value is -1.75. The van der Waals surface area contributed by atoms with Gasteiger partial charge in [0.05, 0.1) is 13.2 Å². The van der Waals surface area contributed by atoms with Crippen LogP contribution in [0.1, 0.15) is 22.0 Å². The Kier molecular flexibility index (Phi) is 5.52. The zero-order valence-corrected chi connectivity index (χ0v) is 15.7. The topological polar surface area (TPSA) is 32.8 Å². The molecule has 1 atom stereocenters. The Morgan fingerprint density at radius 1 is 1.16 bits per heavy atom. The zero-order chi connectivity index (χ0) is 18.0. The van der Waals surface area contributed by atoms with Gasteiger partial charge in [0.15, 0.2) is 0 Å². The molecule has 2 aromatic rings. The standard InChI is InChI=1S/C19H20Cl2N2O2/c1-22(2)17-5-3-4-13(10-17)19(24)23-6-7-25-18(12-23)14-8-15(20)11-16(21)9-14/h3-5,8-11,18H,6-7,12H2,1-2H3. The normalized spacial score (nSPS) is 17.4. The maximum atomic E-state index is 12.9. The third-order valence-electron chi connectivity index (χ3n) is 4.22. The quantitative estimate of drug-likeness (QED) is 0.799. The minimum absolute atomic E-state index is 0.00475. The van der Waals surface area contributed by atoms with Crippen LogP contribution < -0.4 is 4.90 Å². The van der Waals surface area contributed by atoms with E-state index in [1.54, 1.807) is 6.07 Å². The summed E-state index contributed by atoms with van der Waals surface area (Å²) in [6.07, 6.45) is -0.231. The summed E-state index contributed by atoms with van der Waals surface area (Å²) in [6.45, 7) is 1.52. The van der Waals surface area contributed by atoms with Crippen molar-refractivity contribution in [1.82, 2.24) is 4.90 Å². The number of ether oxygens (including phenoxy) is 1. The van der Waals surface area contributed by atoms with Gasteiger partial charge in [-0.1, -0.05) is 29.3 Å². The number of carbonyl (C=O) groups excluding carboxylic acids is 1. The molecule has 132 valence electrons. The molecule has 1 heterocycles. The number of morpholine rings is 1. The molecule has 2 aromatic carbocycles. The van der Waals surface area contributed by atoms with Crippen LogP contribution in [0.3, 0.4) is 0 Å². The summed E-state index contributed by atoms with van der Waals surface area (Å²) in [5, 5.41) is 1.13. The van der Waals surface area contributed by atoms with Crippen LogP contribution in [0.4, 0.5) is 5.69 Å². The van der Waals surface area contributed by atoms with Gasteiger partial charge in [-0.2, -0.15) is 0 Å². The number of carbonyl (C=O) groups is 1. The SMILES string of the molecule is CN(C)c1cccc(C(=O)N2CCOC(c3cc(Cl)cc(Cl)c3)C2)c1. The fraction of sp³-hybridized carbons (Fsp3) is 0.316. The largest absolute Gasteiger partial charge is 0.378 e. The molecule has 1 unspecified atom stereocenters. The second-order valence-electron chi connectivity index (χ2n) is 6.26. The second kappa shape index (κ2) is 7.65. The summed E-state index contributed by atoms with van der Waals surface area (Å²) in [5.41, 5.74) is 2.56. The third kappa shape index (κ3) is 4.27. The van der Waals surface area contributed by atoms with E-state index in [0.29, 0.717) is 35.3 Å². The predicted octanol–water partition coefficient (Wildman–Crippen LogP) is 4.27. The average molecular weight is 379 g/mol. The van der Waals surface area contributed by atoms with Gasteiger partial charge >= 0.3 is 0 Å². The minimum Gasteiger partial charge on any atom is -0.378 e. The van der Waals surface area contributed by atoms with Crippen LogP contribution in [0.15, 0.2) is 42.5 Å². The highest BCUT2D eigenvalue weighted by Crippen LogP contribution is 2.28. The van der Waals surface area contributed by atoms with Gasteiger partial charge in [-0.25, -0.2) is 0 Å². The second-order valence-corrected chi connectivity index (χ2v) is 7.13. The Bertz CT molecular complexity index is 760. The molecule has 1 saturated heterocycles. The lowest BCUT2D eigenvalue weighted by atomic mass is 10.1. The molecule has 25 heavy (non-hydrogen) atoms. The molecule has 3 rings (SSSR count). The molecule has 0 aromatic heterocycles. The number of amides is 1. The van der Waals surface area contributed by atoms with Crippen LogP contribution in [-0.2, 0) is 4.74 Å². The summed E-state index contributed by atoms with van der Waals surface area (Å²) in [7, 11) is 3.91. The van der Waals surface area contributed by atoms with E-state index in [-0.39, 0.29) is 12.0 Å². The van der Waals surface area contributed by atoms with Crippen LogP contribution >= 0.6 is 23.2 Å². The van der Waals surface area contributed by atoms with Gasteiger partial charge in [0, 0.05) is 41.9 Å². The van der Waals surface area contributed by atoms with Crippen molar-refractivity contribution in [2.24, 2.45) is 0 Å². The molecule has 1 fully saturated rings. The molecular formula is C19H20Cl2N2O2. The summed E-state index contributed by atoms with van der Waals surface area (Å²) in [6, 6.07) is 13.0. The molecule has 0 spiro atoms. The number of nitrogens with zero attached hydrogens (tertiary/aromatic N) is 2. The lowest BCUT2D eigenvalue weighted by Crippen LogP contribution is -2.42. The van der Waals surface area contributed by atoms with E-state index in [1.807, 2.05) is 60.3 Å². The molecule has 6 heteroatoms. The van der Waals surface area contributed by atoms with Crippen molar-refractivity contribution >= 4 is 34.8 Å². The van der Waals surface area contributed by atoms with E-state index in [1.165, 1.54) is 0 Å². The monoisotopic (exact) mass is 378 g/mol. The first-order valence-electron chi connectivity index (χ1n) is 8.08. The van der Waals surface area contributed by atoms with E-state index in [2.05, 4.69) is 0 Å². The Labute approximate surface area is 157 Å². The van der Waals surface area contributed by atoms with Crippen molar-refractivity contribution in [3.8, 4) is 0 Å². The van der Waals surface area contributed by atoms with Gasteiger partial charge in [-0.05, 0) is 42.0 Å². The highest BCUT2D eigenvalue weighted by molar-refractivity contribution is 6.34. The number of benzene rings is 2. The predicted molar refractivity (Wildman–Crippen MR) is 102 cm³/mol. The molecule has 0 bridgehead atoms. The molecule has 1 aliphatic heterocycles. The number of hydrogen-bond donors (Lipinski definition) is 0. The van der Waals surface area contributed by atoms with Crippen molar-refractivity contribution in [2.45, 2.75) is 6.10 Å². The van der Waals surface area contributed by atoms with Gasteiger partial charge in [0.25, 0.3) is 5.91 Å². The molecule has 0 radical (unpaired) electrons. The lowest BCUT2D eigenvalue weighted by molar-refractivity contribution is -0.0228. The molecule has 0 aliphatic carbocycles. The van der Waals surface area contributed by atoms with Gasteiger partial charge in [-0.3, -0.25) is 4.79 Å². The molecule has 1 amide bonds. The highest BCUT2D eigenvalue weighted by atomic mass is 35.5. The van der Waals surface area contributed by atoms with Crippen LogP contribution in [0.2, 0.25) is 10.0 Å². The van der Waals surface area contributed by atoms with Gasteiger partial charge in [0.2, 0.25) is 0 Å². The fourth-order valence-corrected chi connectivity index (χ4v) is 3.44. The highest BCUT2D eigenvalue weighted by Gasteiger charge is 2.26. The number of anilines is 1. The smallest absolute Gasteiger partial charge is 0.254 e. The van der Waals surface area contributed by atoms with Crippen LogP contribution in [0.25, 0.3) is 0 Å². The number of hydrogen-bond acceptors (Lipinski definition) is 3. The van der Waals surface area contributed by atoms with Crippen molar-refractivity contribution < 1.29 is 9.53 Å². The van der Waals surface area contributed by atoms with E-state index >= 15 is 0 Å². The Balaban J connectivity index is 1.79. The first kappa shape index (κ1) is 18.1. The molecule has 0 N–H and O–H groups in total. The average Bonchev–Trinajstić information content (AvgIpc) is 2.60. The van der Waals surface area contributed by atoms with E-state index in [0.717, 1.165) is 11.3 Å². The zero-order valence-electron chi connectivity index (χ0n) is 14.2.